The van der Waals surface area contributed by atoms with Crippen LogP contribution in [0.4, 0.5) is 0 Å². The molecule has 3 aromatic rings. The summed E-state index contributed by atoms with van der Waals surface area (Å²) < 4.78 is 1.24. The average molecular weight is 399 g/mol. The highest BCUT2D eigenvalue weighted by Crippen LogP contribution is 2.29. The van der Waals surface area contributed by atoms with Gasteiger partial charge < -0.3 is 5.32 Å². The maximum Gasteiger partial charge on any atom is 0.277 e. The molecule has 1 heterocycles. The molecular weight excluding hydrogens is 376 g/mol. The molecule has 3 rings (SSSR count). The van der Waals surface area contributed by atoms with Crippen molar-refractivity contribution in [2.45, 2.75) is 45.2 Å². The number of amides is 1. The Morgan fingerprint density at radius 1 is 1.11 bits per heavy atom. The molecule has 0 aliphatic heterocycles. The number of hydrogen-bond donors (Lipinski definition) is 1. The largest absolute Gasteiger partial charge is 0.347 e. The Bertz CT molecular complexity index is 1030. The van der Waals surface area contributed by atoms with Gasteiger partial charge in [-0.2, -0.15) is 0 Å². The van der Waals surface area contributed by atoms with Crippen molar-refractivity contribution < 1.29 is 4.79 Å². The lowest BCUT2D eigenvalue weighted by molar-refractivity contribution is -0.123. The number of benzene rings is 2. The molecule has 7 heteroatoms. The second-order valence-corrected chi connectivity index (χ2v) is 7.17. The van der Waals surface area contributed by atoms with E-state index in [2.05, 4.69) is 15.6 Å². The van der Waals surface area contributed by atoms with Crippen molar-refractivity contribution in [1.82, 2.24) is 20.3 Å². The molecule has 1 N–H and O–H groups in total. The van der Waals surface area contributed by atoms with Crippen LogP contribution in [0.3, 0.4) is 0 Å². The Kier molecular flexibility index (Phi) is 6.09. The summed E-state index contributed by atoms with van der Waals surface area (Å²) in [5, 5.41) is 12.3. The van der Waals surface area contributed by atoms with Gasteiger partial charge in [0.05, 0.1) is 17.5 Å². The number of aromatic nitrogens is 3. The zero-order chi connectivity index (χ0) is 20.1. The van der Waals surface area contributed by atoms with E-state index in [-0.39, 0.29) is 24.4 Å². The Hall–Kier alpha value is -2.73. The monoisotopic (exact) mass is 398 g/mol. The molecule has 6 nitrogen and oxygen atoms in total. The fraction of sp³-hybridized carbons (Fsp3) is 0.333. The summed E-state index contributed by atoms with van der Waals surface area (Å²) in [6.45, 7) is 4.25. The van der Waals surface area contributed by atoms with Gasteiger partial charge in [0.1, 0.15) is 5.52 Å². The molecule has 0 bridgehead atoms. The normalized spacial score (nSPS) is 11.5. The van der Waals surface area contributed by atoms with Gasteiger partial charge >= 0.3 is 0 Å². The summed E-state index contributed by atoms with van der Waals surface area (Å²) in [5.41, 5.74) is 0.847. The van der Waals surface area contributed by atoms with E-state index in [1.807, 2.05) is 38.1 Å². The van der Waals surface area contributed by atoms with E-state index in [4.69, 9.17) is 11.6 Å². The van der Waals surface area contributed by atoms with E-state index < -0.39 is 5.54 Å². The van der Waals surface area contributed by atoms with Crippen molar-refractivity contribution in [3.05, 3.63) is 69.5 Å². The van der Waals surface area contributed by atoms with Gasteiger partial charge in [0.15, 0.2) is 0 Å². The molecule has 0 radical (unpaired) electrons. The lowest BCUT2D eigenvalue weighted by atomic mass is 9.84. The first kappa shape index (κ1) is 20.0. The summed E-state index contributed by atoms with van der Waals surface area (Å²) in [7, 11) is 0. The first-order chi connectivity index (χ1) is 13.5. The minimum Gasteiger partial charge on any atom is -0.347 e. The molecule has 146 valence electrons. The molecule has 0 spiro atoms. The Morgan fingerprint density at radius 2 is 1.79 bits per heavy atom. The molecule has 0 unspecified atom stereocenters. The van der Waals surface area contributed by atoms with Crippen molar-refractivity contribution in [3.8, 4) is 0 Å². The number of rotatable bonds is 7. The third kappa shape index (κ3) is 4.07. The minimum absolute atomic E-state index is 0.138. The molecule has 2 aromatic carbocycles. The number of fused-ring (bicyclic) bond motifs is 1. The summed E-state index contributed by atoms with van der Waals surface area (Å²) in [6.07, 6.45) is 1.63. The average Bonchev–Trinajstić information content (AvgIpc) is 2.72. The second kappa shape index (κ2) is 8.52. The Balaban J connectivity index is 1.74. The van der Waals surface area contributed by atoms with Gasteiger partial charge in [0, 0.05) is 11.4 Å². The van der Waals surface area contributed by atoms with Gasteiger partial charge in [0.25, 0.3) is 5.56 Å². The maximum absolute atomic E-state index is 12.7. The van der Waals surface area contributed by atoms with Gasteiger partial charge in [-0.1, -0.05) is 54.9 Å². The van der Waals surface area contributed by atoms with E-state index in [1.54, 1.807) is 24.3 Å². The fourth-order valence-corrected chi connectivity index (χ4v) is 3.51. The standard InChI is InChI=1S/C21H23ClN4O2/c1-3-21(4-2,15-9-11-16(22)12-10-15)23-19(27)13-14-26-20(28)17-7-5-6-8-18(17)24-25-26/h5-12H,3-4,13-14H2,1-2H3,(H,23,27). The third-order valence-corrected chi connectivity index (χ3v) is 5.41. The number of carbonyl (C=O) groups excluding carboxylic acids is 1. The molecule has 0 saturated carbocycles. The highest BCUT2D eigenvalue weighted by atomic mass is 35.5. The first-order valence-electron chi connectivity index (χ1n) is 9.38. The number of halogens is 1. The van der Waals surface area contributed by atoms with E-state index >= 15 is 0 Å². The second-order valence-electron chi connectivity index (χ2n) is 6.73. The van der Waals surface area contributed by atoms with Crippen LogP contribution in [-0.2, 0) is 16.9 Å². The number of aryl methyl sites for hydroxylation is 1. The van der Waals surface area contributed by atoms with Crippen LogP contribution in [-0.4, -0.2) is 20.9 Å². The van der Waals surface area contributed by atoms with Crippen LogP contribution in [0.5, 0.6) is 0 Å². The SMILES string of the molecule is CCC(CC)(NC(=O)CCn1nnc2ccccc2c1=O)c1ccc(Cl)cc1. The van der Waals surface area contributed by atoms with E-state index in [9.17, 15) is 9.59 Å². The minimum atomic E-state index is -0.471. The van der Waals surface area contributed by atoms with Crippen LogP contribution in [0.15, 0.2) is 53.3 Å². The third-order valence-electron chi connectivity index (χ3n) is 5.16. The van der Waals surface area contributed by atoms with Crippen LogP contribution >= 0.6 is 11.6 Å². The molecule has 1 aromatic heterocycles. The predicted molar refractivity (Wildman–Crippen MR) is 110 cm³/mol. The van der Waals surface area contributed by atoms with Crippen molar-refractivity contribution in [2.75, 3.05) is 0 Å². The van der Waals surface area contributed by atoms with E-state index in [1.165, 1.54) is 4.68 Å². The highest BCUT2D eigenvalue weighted by molar-refractivity contribution is 6.30. The summed E-state index contributed by atoms with van der Waals surface area (Å²) in [6, 6.07) is 14.6. The number of nitrogens with one attached hydrogen (secondary N) is 1. The quantitative estimate of drug-likeness (QED) is 0.658. The van der Waals surface area contributed by atoms with E-state index in [0.717, 1.165) is 18.4 Å². The molecule has 0 atom stereocenters. The van der Waals surface area contributed by atoms with Gasteiger partial charge in [-0.05, 0) is 42.7 Å². The molecule has 0 aliphatic carbocycles. The van der Waals surface area contributed by atoms with Crippen molar-refractivity contribution in [2.24, 2.45) is 0 Å². The smallest absolute Gasteiger partial charge is 0.277 e. The molecular formula is C21H23ClN4O2. The highest BCUT2D eigenvalue weighted by Gasteiger charge is 2.30. The number of hydrogen-bond acceptors (Lipinski definition) is 4. The van der Waals surface area contributed by atoms with Gasteiger partial charge in [-0.3, -0.25) is 9.59 Å². The van der Waals surface area contributed by atoms with Gasteiger partial charge in [0.2, 0.25) is 5.91 Å². The van der Waals surface area contributed by atoms with Crippen LogP contribution in [0.1, 0.15) is 38.7 Å². The lowest BCUT2D eigenvalue weighted by Crippen LogP contribution is -2.45. The van der Waals surface area contributed by atoms with Gasteiger partial charge in [-0.25, -0.2) is 4.68 Å². The van der Waals surface area contributed by atoms with Crippen LogP contribution in [0.25, 0.3) is 10.9 Å². The number of carbonyl (C=O) groups is 1. The zero-order valence-corrected chi connectivity index (χ0v) is 16.7. The Morgan fingerprint density at radius 3 is 2.46 bits per heavy atom. The molecule has 0 saturated heterocycles. The van der Waals surface area contributed by atoms with Crippen molar-refractivity contribution >= 4 is 28.4 Å². The van der Waals surface area contributed by atoms with Crippen molar-refractivity contribution in [3.63, 3.8) is 0 Å². The molecule has 0 fully saturated rings. The van der Waals surface area contributed by atoms with Crippen LogP contribution < -0.4 is 10.9 Å². The first-order valence-corrected chi connectivity index (χ1v) is 9.76. The molecule has 1 amide bonds. The Labute approximate surface area is 168 Å². The topological polar surface area (TPSA) is 76.9 Å². The summed E-state index contributed by atoms with van der Waals surface area (Å²) in [4.78, 5) is 25.2. The fourth-order valence-electron chi connectivity index (χ4n) is 3.38. The lowest BCUT2D eigenvalue weighted by Gasteiger charge is -2.33. The number of nitrogens with zero attached hydrogens (tertiary/aromatic N) is 3. The van der Waals surface area contributed by atoms with E-state index in [0.29, 0.717) is 15.9 Å². The maximum atomic E-state index is 12.7. The predicted octanol–water partition coefficient (Wildman–Crippen LogP) is 3.67. The van der Waals surface area contributed by atoms with Crippen LogP contribution in [0, 0.1) is 0 Å². The molecule has 0 aliphatic rings. The summed E-state index contributed by atoms with van der Waals surface area (Å²) in [5.74, 6) is -0.138. The van der Waals surface area contributed by atoms with Crippen molar-refractivity contribution in [1.29, 1.82) is 0 Å². The summed E-state index contributed by atoms with van der Waals surface area (Å²) >= 11 is 6.00. The van der Waals surface area contributed by atoms with Gasteiger partial charge in [-0.15, -0.1) is 5.10 Å². The zero-order valence-electron chi connectivity index (χ0n) is 16.0. The van der Waals surface area contributed by atoms with Crippen LogP contribution in [0.2, 0.25) is 5.02 Å². The molecule has 28 heavy (non-hydrogen) atoms.